The Hall–Kier alpha value is -0.113. The summed E-state index contributed by atoms with van der Waals surface area (Å²) in [6.07, 6.45) is 2.19. The molecule has 0 amide bonds. The first-order chi connectivity index (χ1) is 6.38. The summed E-state index contributed by atoms with van der Waals surface area (Å²) in [6, 6.07) is 0. The minimum atomic E-state index is -1.26. The molecule has 90 valence electrons. The molecule has 15 heavy (non-hydrogen) atoms. The van der Waals surface area contributed by atoms with Gasteiger partial charge in [-0.05, 0) is 37.6 Å². The van der Waals surface area contributed by atoms with Crippen LogP contribution >= 0.6 is 0 Å². The van der Waals surface area contributed by atoms with Crippen molar-refractivity contribution in [2.45, 2.75) is 77.7 Å². The largest absolute Gasteiger partial charge is 0.292 e. The number of hydrogen-bond acceptors (Lipinski definition) is 1. The Morgan fingerprint density at radius 1 is 1.00 bits per heavy atom. The summed E-state index contributed by atoms with van der Waals surface area (Å²) in [5.41, 5.74) is 0.702. The third-order valence-corrected chi connectivity index (χ3v) is 10.0. The number of hydrogen-bond donors (Lipinski definition) is 0. The van der Waals surface area contributed by atoms with Crippen molar-refractivity contribution in [1.29, 1.82) is 0 Å². The van der Waals surface area contributed by atoms with Gasteiger partial charge in [-0.25, -0.2) is 0 Å². The van der Waals surface area contributed by atoms with E-state index in [1.165, 1.54) is 0 Å². The second-order valence-corrected chi connectivity index (χ2v) is 13.1. The summed E-state index contributed by atoms with van der Waals surface area (Å²) >= 11 is 0. The van der Waals surface area contributed by atoms with E-state index < -0.39 is 8.07 Å². The molecule has 0 fully saturated rings. The topological polar surface area (TPSA) is 12.4 Å². The van der Waals surface area contributed by atoms with Gasteiger partial charge in [-0.1, -0.05) is 40.8 Å². The van der Waals surface area contributed by atoms with E-state index in [9.17, 15) is 0 Å². The van der Waals surface area contributed by atoms with Crippen LogP contribution in [0.1, 0.15) is 48.5 Å². The molecule has 0 saturated heterocycles. The SMILES string of the molecule is CC(/C=N/C(C)(C)C)[Si](C)(C)C(C)(C)C. The normalized spacial score (nSPS) is 17.1. The van der Waals surface area contributed by atoms with Crippen molar-refractivity contribution in [2.24, 2.45) is 4.99 Å². The zero-order valence-corrected chi connectivity index (χ0v) is 13.1. The van der Waals surface area contributed by atoms with E-state index in [1.807, 2.05) is 0 Å². The van der Waals surface area contributed by atoms with E-state index in [2.05, 4.69) is 72.8 Å². The summed E-state index contributed by atoms with van der Waals surface area (Å²) in [4.78, 5) is 4.65. The van der Waals surface area contributed by atoms with Crippen LogP contribution in [-0.4, -0.2) is 19.8 Å². The first kappa shape index (κ1) is 14.9. The van der Waals surface area contributed by atoms with Crippen molar-refractivity contribution in [3.05, 3.63) is 0 Å². The predicted octanol–water partition coefficient (Wildman–Crippen LogP) is 4.75. The second kappa shape index (κ2) is 4.40. The number of nitrogens with zero attached hydrogens (tertiary/aromatic N) is 1. The standard InChI is InChI=1S/C13H29NSi/c1-11(10-14-12(2,3)4)15(8,9)13(5,6)7/h10-11H,1-9H3/b14-10+. The predicted molar refractivity (Wildman–Crippen MR) is 74.9 cm³/mol. The molecule has 0 aromatic rings. The molecule has 0 bridgehead atoms. The summed E-state index contributed by atoms with van der Waals surface area (Å²) < 4.78 is 0. The first-order valence-electron chi connectivity index (χ1n) is 5.93. The van der Waals surface area contributed by atoms with E-state index in [0.717, 1.165) is 0 Å². The highest BCUT2D eigenvalue weighted by Gasteiger charge is 2.39. The molecule has 0 N–H and O–H groups in total. The fourth-order valence-corrected chi connectivity index (χ4v) is 3.02. The molecule has 0 spiro atoms. The fraction of sp³-hybridized carbons (Fsp3) is 0.923. The smallest absolute Gasteiger partial charge is 0.0613 e. The van der Waals surface area contributed by atoms with Crippen molar-refractivity contribution < 1.29 is 0 Å². The lowest BCUT2D eigenvalue weighted by molar-refractivity contribution is 0.584. The van der Waals surface area contributed by atoms with Gasteiger partial charge >= 0.3 is 0 Å². The Morgan fingerprint density at radius 2 is 1.40 bits per heavy atom. The third-order valence-electron chi connectivity index (χ3n) is 3.76. The van der Waals surface area contributed by atoms with E-state index in [4.69, 9.17) is 0 Å². The molecule has 0 saturated carbocycles. The van der Waals surface area contributed by atoms with Gasteiger partial charge in [-0.15, -0.1) is 0 Å². The van der Waals surface area contributed by atoms with Gasteiger partial charge in [0.25, 0.3) is 0 Å². The quantitative estimate of drug-likeness (QED) is 0.477. The average molecular weight is 227 g/mol. The zero-order valence-electron chi connectivity index (χ0n) is 12.1. The van der Waals surface area contributed by atoms with Gasteiger partial charge in [0.15, 0.2) is 0 Å². The van der Waals surface area contributed by atoms with Gasteiger partial charge in [0.2, 0.25) is 0 Å². The molecule has 0 rings (SSSR count). The summed E-state index contributed by atoms with van der Waals surface area (Å²) in [7, 11) is -1.26. The van der Waals surface area contributed by atoms with E-state index in [0.29, 0.717) is 10.6 Å². The maximum absolute atomic E-state index is 4.65. The zero-order chi connectivity index (χ0) is 12.5. The van der Waals surface area contributed by atoms with Gasteiger partial charge in [0.05, 0.1) is 13.6 Å². The molecule has 0 aliphatic heterocycles. The highest BCUT2D eigenvalue weighted by Crippen LogP contribution is 2.42. The molecule has 1 unspecified atom stereocenters. The lowest BCUT2D eigenvalue weighted by Gasteiger charge is -2.40. The van der Waals surface area contributed by atoms with Crippen molar-refractivity contribution in [1.82, 2.24) is 0 Å². The molecule has 0 heterocycles. The molecule has 0 aliphatic carbocycles. The van der Waals surface area contributed by atoms with Gasteiger partial charge in [-0.2, -0.15) is 0 Å². The second-order valence-electron chi connectivity index (χ2n) is 7.21. The summed E-state index contributed by atoms with van der Waals surface area (Å²) in [5, 5.41) is 0.441. The monoisotopic (exact) mass is 227 g/mol. The minimum absolute atomic E-state index is 0.0661. The minimum Gasteiger partial charge on any atom is -0.292 e. The Bertz CT molecular complexity index is 228. The molecule has 2 heteroatoms. The molecular formula is C13H29NSi. The van der Waals surface area contributed by atoms with Crippen LogP contribution < -0.4 is 0 Å². The lowest BCUT2D eigenvalue weighted by Crippen LogP contribution is -2.41. The summed E-state index contributed by atoms with van der Waals surface area (Å²) in [6.45, 7) is 20.8. The van der Waals surface area contributed by atoms with Crippen LogP contribution in [-0.2, 0) is 0 Å². The van der Waals surface area contributed by atoms with Crippen molar-refractivity contribution >= 4 is 14.3 Å². The van der Waals surface area contributed by atoms with Crippen LogP contribution in [0.3, 0.4) is 0 Å². The molecule has 0 aliphatic rings. The van der Waals surface area contributed by atoms with Gasteiger partial charge < -0.3 is 0 Å². The van der Waals surface area contributed by atoms with Crippen LogP contribution in [0.15, 0.2) is 4.99 Å². The molecule has 1 atom stereocenters. The van der Waals surface area contributed by atoms with Gasteiger partial charge in [0.1, 0.15) is 0 Å². The average Bonchev–Trinajstić information content (AvgIpc) is 1.96. The van der Waals surface area contributed by atoms with Crippen LogP contribution in [0, 0.1) is 0 Å². The van der Waals surface area contributed by atoms with Crippen molar-refractivity contribution in [2.75, 3.05) is 0 Å². The highest BCUT2D eigenvalue weighted by molar-refractivity contribution is 6.83. The number of aliphatic imine (C=N–C) groups is 1. The molecular weight excluding hydrogens is 198 g/mol. The molecule has 0 aromatic heterocycles. The van der Waals surface area contributed by atoms with E-state index in [1.54, 1.807) is 0 Å². The molecule has 1 nitrogen and oxygen atoms in total. The van der Waals surface area contributed by atoms with E-state index >= 15 is 0 Å². The van der Waals surface area contributed by atoms with Crippen molar-refractivity contribution in [3.8, 4) is 0 Å². The van der Waals surface area contributed by atoms with Gasteiger partial charge in [0, 0.05) is 0 Å². The lowest BCUT2D eigenvalue weighted by atomic mass is 10.1. The molecule has 0 radical (unpaired) electrons. The maximum Gasteiger partial charge on any atom is 0.0613 e. The van der Waals surface area contributed by atoms with Crippen molar-refractivity contribution in [3.63, 3.8) is 0 Å². The Labute approximate surface area is 97.4 Å². The Kier molecular flexibility index (Phi) is 4.37. The van der Waals surface area contributed by atoms with Gasteiger partial charge in [-0.3, -0.25) is 4.99 Å². The highest BCUT2D eigenvalue weighted by atomic mass is 28.3. The van der Waals surface area contributed by atoms with Crippen LogP contribution in [0.4, 0.5) is 0 Å². The van der Waals surface area contributed by atoms with Crippen LogP contribution in [0.2, 0.25) is 23.7 Å². The Morgan fingerprint density at radius 3 is 1.67 bits per heavy atom. The van der Waals surface area contributed by atoms with Crippen LogP contribution in [0.5, 0.6) is 0 Å². The Balaban J connectivity index is 4.73. The number of rotatable bonds is 2. The van der Waals surface area contributed by atoms with E-state index in [-0.39, 0.29) is 5.54 Å². The van der Waals surface area contributed by atoms with Crippen LogP contribution in [0.25, 0.3) is 0 Å². The third kappa shape index (κ3) is 4.50. The first-order valence-corrected chi connectivity index (χ1v) is 9.01. The molecule has 0 aromatic carbocycles. The fourth-order valence-electron chi connectivity index (χ4n) is 1.20. The summed E-state index contributed by atoms with van der Waals surface area (Å²) in [5.74, 6) is 0. The maximum atomic E-state index is 4.65.